The second-order valence-corrected chi connectivity index (χ2v) is 4.86. The summed E-state index contributed by atoms with van der Waals surface area (Å²) in [6, 6.07) is 2.22. The lowest BCUT2D eigenvalue weighted by atomic mass is 10.2. The lowest BCUT2D eigenvalue weighted by Crippen LogP contribution is -2.31. The van der Waals surface area contributed by atoms with Crippen molar-refractivity contribution in [2.75, 3.05) is 11.9 Å². The van der Waals surface area contributed by atoms with Crippen molar-refractivity contribution in [1.29, 1.82) is 0 Å². The summed E-state index contributed by atoms with van der Waals surface area (Å²) >= 11 is 3.41. The summed E-state index contributed by atoms with van der Waals surface area (Å²) in [7, 11) is 0. The van der Waals surface area contributed by atoms with Gasteiger partial charge in [0.05, 0.1) is 0 Å². The largest absolute Gasteiger partial charge is 0.368 e. The van der Waals surface area contributed by atoms with Gasteiger partial charge in [0.25, 0.3) is 0 Å². The molecule has 0 saturated carbocycles. The van der Waals surface area contributed by atoms with Crippen LogP contribution in [0.2, 0.25) is 0 Å². The minimum Gasteiger partial charge on any atom is -0.368 e. The van der Waals surface area contributed by atoms with E-state index in [1.54, 1.807) is 6.20 Å². The van der Waals surface area contributed by atoms with E-state index >= 15 is 0 Å². The maximum absolute atomic E-state index is 11.0. The van der Waals surface area contributed by atoms with Gasteiger partial charge >= 0.3 is 0 Å². The number of hydrogen-bond donors (Lipinski definition) is 2. The van der Waals surface area contributed by atoms with E-state index in [0.717, 1.165) is 28.8 Å². The molecule has 2 heterocycles. The minimum absolute atomic E-state index is 0.145. The number of anilines is 1. The number of hydrogen-bond acceptors (Lipinski definition) is 3. The summed E-state index contributed by atoms with van der Waals surface area (Å²) < 4.78 is 1.01. The fourth-order valence-electron chi connectivity index (χ4n) is 1.69. The van der Waals surface area contributed by atoms with E-state index < -0.39 is 0 Å². The zero-order valence-electron chi connectivity index (χ0n) is 9.09. The molecule has 1 atom stereocenters. The van der Waals surface area contributed by atoms with E-state index in [1.165, 1.54) is 0 Å². The Morgan fingerprint density at radius 2 is 2.50 bits per heavy atom. The standard InChI is InChI=1S/C11H14BrN3O/c1-7-4-10(14-6-9(7)12)13-5-8-2-3-11(16)15-8/h4,6,8H,2-3,5H2,1H3,(H,13,14)(H,15,16). The number of halogens is 1. The first-order valence-corrected chi connectivity index (χ1v) is 6.10. The Hall–Kier alpha value is -1.10. The molecule has 2 rings (SSSR count). The first-order chi connectivity index (χ1) is 7.65. The van der Waals surface area contributed by atoms with Gasteiger partial charge in [-0.05, 0) is 40.9 Å². The highest BCUT2D eigenvalue weighted by atomic mass is 79.9. The summed E-state index contributed by atoms with van der Waals surface area (Å²) in [5.74, 6) is 0.994. The average Bonchev–Trinajstić information content (AvgIpc) is 2.66. The van der Waals surface area contributed by atoms with E-state index in [4.69, 9.17) is 0 Å². The van der Waals surface area contributed by atoms with Crippen LogP contribution in [0.4, 0.5) is 5.82 Å². The van der Waals surface area contributed by atoms with Gasteiger partial charge in [0, 0.05) is 29.7 Å². The molecule has 1 aromatic rings. The molecule has 1 saturated heterocycles. The maximum atomic E-state index is 11.0. The Labute approximate surface area is 103 Å². The number of aromatic nitrogens is 1. The lowest BCUT2D eigenvalue weighted by molar-refractivity contribution is -0.119. The molecule has 4 nitrogen and oxygen atoms in total. The van der Waals surface area contributed by atoms with Crippen molar-refractivity contribution in [3.63, 3.8) is 0 Å². The number of carbonyl (C=O) groups excluding carboxylic acids is 1. The van der Waals surface area contributed by atoms with E-state index in [0.29, 0.717) is 6.42 Å². The van der Waals surface area contributed by atoms with Crippen LogP contribution in [0.1, 0.15) is 18.4 Å². The molecule has 1 aliphatic heterocycles. The van der Waals surface area contributed by atoms with E-state index in [-0.39, 0.29) is 11.9 Å². The Bertz CT molecular complexity index is 408. The molecular formula is C11H14BrN3O. The van der Waals surface area contributed by atoms with Gasteiger partial charge < -0.3 is 10.6 Å². The summed E-state index contributed by atoms with van der Waals surface area (Å²) in [6.07, 6.45) is 3.32. The number of nitrogens with one attached hydrogen (secondary N) is 2. The van der Waals surface area contributed by atoms with Crippen LogP contribution < -0.4 is 10.6 Å². The number of amides is 1. The molecule has 1 unspecified atom stereocenters. The molecule has 0 aliphatic carbocycles. The third-order valence-corrected chi connectivity index (χ3v) is 3.49. The maximum Gasteiger partial charge on any atom is 0.220 e. The van der Waals surface area contributed by atoms with Gasteiger partial charge in [0.15, 0.2) is 0 Å². The summed E-state index contributed by atoms with van der Waals surface area (Å²) in [4.78, 5) is 15.3. The summed E-state index contributed by atoms with van der Waals surface area (Å²) in [5.41, 5.74) is 1.15. The first-order valence-electron chi connectivity index (χ1n) is 5.30. The number of pyridine rings is 1. The summed E-state index contributed by atoms with van der Waals surface area (Å²) in [5, 5.41) is 6.14. The Kier molecular flexibility index (Phi) is 3.43. The van der Waals surface area contributed by atoms with Crippen molar-refractivity contribution in [3.05, 3.63) is 22.3 Å². The van der Waals surface area contributed by atoms with Gasteiger partial charge in [-0.25, -0.2) is 4.98 Å². The van der Waals surface area contributed by atoms with Crippen LogP contribution in [0.25, 0.3) is 0 Å². The van der Waals surface area contributed by atoms with Crippen molar-refractivity contribution in [2.24, 2.45) is 0 Å². The van der Waals surface area contributed by atoms with Crippen molar-refractivity contribution in [1.82, 2.24) is 10.3 Å². The minimum atomic E-state index is 0.145. The van der Waals surface area contributed by atoms with Crippen molar-refractivity contribution in [2.45, 2.75) is 25.8 Å². The molecular weight excluding hydrogens is 270 g/mol. The molecule has 0 spiro atoms. The third-order valence-electron chi connectivity index (χ3n) is 2.66. The molecule has 2 N–H and O–H groups in total. The van der Waals surface area contributed by atoms with Crippen molar-refractivity contribution < 1.29 is 4.79 Å². The second kappa shape index (κ2) is 4.82. The fourth-order valence-corrected chi connectivity index (χ4v) is 1.91. The highest BCUT2D eigenvalue weighted by Crippen LogP contribution is 2.17. The Morgan fingerprint density at radius 1 is 1.69 bits per heavy atom. The molecule has 1 fully saturated rings. The van der Waals surface area contributed by atoms with E-state index in [2.05, 4.69) is 31.5 Å². The average molecular weight is 284 g/mol. The van der Waals surface area contributed by atoms with Gasteiger partial charge in [0.1, 0.15) is 5.82 Å². The van der Waals surface area contributed by atoms with Crippen LogP contribution in [-0.4, -0.2) is 23.5 Å². The topological polar surface area (TPSA) is 54.0 Å². The number of nitrogens with zero attached hydrogens (tertiary/aromatic N) is 1. The van der Waals surface area contributed by atoms with Gasteiger partial charge in [-0.2, -0.15) is 0 Å². The van der Waals surface area contributed by atoms with Crippen LogP contribution >= 0.6 is 15.9 Å². The predicted molar refractivity (Wildman–Crippen MR) is 66.3 cm³/mol. The van der Waals surface area contributed by atoms with Gasteiger partial charge in [-0.1, -0.05) is 0 Å². The fraction of sp³-hybridized carbons (Fsp3) is 0.455. The van der Waals surface area contributed by atoms with Crippen LogP contribution in [0.5, 0.6) is 0 Å². The second-order valence-electron chi connectivity index (χ2n) is 4.00. The normalized spacial score (nSPS) is 19.6. The third kappa shape index (κ3) is 2.72. The lowest BCUT2D eigenvalue weighted by Gasteiger charge is -2.12. The molecule has 1 aromatic heterocycles. The van der Waals surface area contributed by atoms with E-state index in [9.17, 15) is 4.79 Å². The van der Waals surface area contributed by atoms with Crippen LogP contribution in [0.15, 0.2) is 16.7 Å². The number of rotatable bonds is 3. The van der Waals surface area contributed by atoms with Crippen LogP contribution in [0.3, 0.4) is 0 Å². The van der Waals surface area contributed by atoms with Gasteiger partial charge in [-0.15, -0.1) is 0 Å². The zero-order valence-corrected chi connectivity index (χ0v) is 10.7. The molecule has 0 aromatic carbocycles. The smallest absolute Gasteiger partial charge is 0.220 e. The highest BCUT2D eigenvalue weighted by molar-refractivity contribution is 9.10. The predicted octanol–water partition coefficient (Wildman–Crippen LogP) is 1.84. The SMILES string of the molecule is Cc1cc(NCC2CCC(=O)N2)ncc1Br. The van der Waals surface area contributed by atoms with Gasteiger partial charge in [0.2, 0.25) is 5.91 Å². The number of carbonyl (C=O) groups is 1. The zero-order chi connectivity index (χ0) is 11.5. The molecule has 86 valence electrons. The van der Waals surface area contributed by atoms with Crippen molar-refractivity contribution in [3.8, 4) is 0 Å². The van der Waals surface area contributed by atoms with Crippen LogP contribution in [-0.2, 0) is 4.79 Å². The van der Waals surface area contributed by atoms with Crippen LogP contribution in [0, 0.1) is 6.92 Å². The summed E-state index contributed by atoms with van der Waals surface area (Å²) in [6.45, 7) is 2.76. The molecule has 16 heavy (non-hydrogen) atoms. The Morgan fingerprint density at radius 3 is 3.12 bits per heavy atom. The van der Waals surface area contributed by atoms with E-state index in [1.807, 2.05) is 13.0 Å². The first kappa shape index (κ1) is 11.4. The van der Waals surface area contributed by atoms with Crippen molar-refractivity contribution >= 4 is 27.7 Å². The molecule has 0 radical (unpaired) electrons. The molecule has 1 amide bonds. The van der Waals surface area contributed by atoms with Gasteiger partial charge in [-0.3, -0.25) is 4.79 Å². The highest BCUT2D eigenvalue weighted by Gasteiger charge is 2.20. The molecule has 1 aliphatic rings. The quantitative estimate of drug-likeness (QED) is 0.890. The number of aryl methyl sites for hydroxylation is 1. The molecule has 0 bridgehead atoms. The Balaban J connectivity index is 1.89. The monoisotopic (exact) mass is 283 g/mol. The molecule has 5 heteroatoms.